The number of nitrogens with one attached hydrogen (secondary N) is 1. The Morgan fingerprint density at radius 3 is 2.22 bits per heavy atom. The van der Waals surface area contributed by atoms with Crippen LogP contribution in [-0.4, -0.2) is 11.9 Å². The Hall–Kier alpha value is -1.26. The molecule has 0 unspecified atom stereocenters. The molecule has 0 radical (unpaired) electrons. The molecule has 122 valence electrons. The lowest BCUT2D eigenvalue weighted by Crippen LogP contribution is -2.91. The molecule has 0 saturated heterocycles. The van der Waals surface area contributed by atoms with Gasteiger partial charge in [0.1, 0.15) is 6.04 Å². The van der Waals surface area contributed by atoms with Crippen molar-refractivity contribution < 1.29 is 10.1 Å². The van der Waals surface area contributed by atoms with Crippen LogP contribution in [0.2, 0.25) is 15.1 Å². The summed E-state index contributed by atoms with van der Waals surface area (Å²) in [6, 6.07) is 12.5. The minimum atomic E-state index is -0.271. The van der Waals surface area contributed by atoms with Gasteiger partial charge < -0.3 is 10.6 Å². The van der Waals surface area contributed by atoms with E-state index in [0.29, 0.717) is 20.8 Å². The lowest BCUT2D eigenvalue weighted by molar-refractivity contribution is -0.709. The van der Waals surface area contributed by atoms with Gasteiger partial charge in [-0.3, -0.25) is 4.79 Å². The molecule has 0 aliphatic rings. The highest BCUT2D eigenvalue weighted by atomic mass is 35.5. The van der Waals surface area contributed by atoms with Crippen molar-refractivity contribution in [2.24, 2.45) is 0 Å². The van der Waals surface area contributed by atoms with E-state index >= 15 is 0 Å². The van der Waals surface area contributed by atoms with Gasteiger partial charge in [0.15, 0.2) is 6.04 Å². The van der Waals surface area contributed by atoms with Crippen molar-refractivity contribution in [2.75, 3.05) is 5.32 Å². The topological polar surface area (TPSA) is 45.7 Å². The predicted molar refractivity (Wildman–Crippen MR) is 96.3 cm³/mol. The van der Waals surface area contributed by atoms with Crippen LogP contribution in [-0.2, 0) is 4.79 Å². The van der Waals surface area contributed by atoms with E-state index in [-0.39, 0.29) is 18.0 Å². The molecule has 3 N–H and O–H groups in total. The quantitative estimate of drug-likeness (QED) is 0.807. The number of anilines is 1. The summed E-state index contributed by atoms with van der Waals surface area (Å²) in [7, 11) is 0. The molecule has 0 fully saturated rings. The Morgan fingerprint density at radius 1 is 1.00 bits per heavy atom. The highest BCUT2D eigenvalue weighted by Gasteiger charge is 2.21. The van der Waals surface area contributed by atoms with Crippen molar-refractivity contribution in [3.8, 4) is 0 Å². The number of amides is 1. The highest BCUT2D eigenvalue weighted by Crippen LogP contribution is 2.25. The monoisotopic (exact) mass is 371 g/mol. The number of carbonyl (C=O) groups excluding carboxylic acids is 1. The number of rotatable bonds is 5. The van der Waals surface area contributed by atoms with Crippen LogP contribution in [0.5, 0.6) is 0 Å². The maximum atomic E-state index is 12.3. The lowest BCUT2D eigenvalue weighted by atomic mass is 10.1. The molecule has 0 aromatic heterocycles. The number of benzene rings is 2. The fourth-order valence-corrected chi connectivity index (χ4v) is 2.82. The summed E-state index contributed by atoms with van der Waals surface area (Å²) in [4.78, 5) is 12.3. The Morgan fingerprint density at radius 2 is 1.61 bits per heavy atom. The first-order chi connectivity index (χ1) is 10.9. The number of halogens is 3. The smallest absolute Gasteiger partial charge is 0.282 e. The molecule has 2 aromatic carbocycles. The molecule has 0 saturated carbocycles. The van der Waals surface area contributed by atoms with E-state index in [4.69, 9.17) is 34.8 Å². The van der Waals surface area contributed by atoms with Crippen molar-refractivity contribution in [3.63, 3.8) is 0 Å². The summed E-state index contributed by atoms with van der Waals surface area (Å²) in [6.07, 6.45) is 0. The second kappa shape index (κ2) is 8.02. The van der Waals surface area contributed by atoms with Gasteiger partial charge in [-0.2, -0.15) is 0 Å². The number of hydrogen-bond donors (Lipinski definition) is 2. The molecule has 2 aromatic rings. The average Bonchev–Trinajstić information content (AvgIpc) is 2.50. The Kier molecular flexibility index (Phi) is 6.31. The standard InChI is InChI=1S/C17H17Cl3N2O/c1-10(12-3-5-13(18)6-4-12)21-11(2)17(23)22-16-8-7-14(19)9-15(16)20/h3-11,21H,1-2H3,(H,22,23)/p+1/t10-,11-/m0/s1. The average molecular weight is 373 g/mol. The van der Waals surface area contributed by atoms with Gasteiger partial charge in [-0.25, -0.2) is 0 Å². The number of quaternary nitrogens is 1. The maximum absolute atomic E-state index is 12.3. The van der Waals surface area contributed by atoms with Gasteiger partial charge in [0.2, 0.25) is 0 Å². The molecular weight excluding hydrogens is 355 g/mol. The van der Waals surface area contributed by atoms with E-state index in [1.165, 1.54) is 0 Å². The fourth-order valence-electron chi connectivity index (χ4n) is 2.24. The molecule has 0 bridgehead atoms. The van der Waals surface area contributed by atoms with Crippen molar-refractivity contribution in [1.29, 1.82) is 0 Å². The van der Waals surface area contributed by atoms with Gasteiger partial charge >= 0.3 is 0 Å². The molecule has 2 atom stereocenters. The molecule has 0 heterocycles. The van der Waals surface area contributed by atoms with Crippen molar-refractivity contribution in [2.45, 2.75) is 25.9 Å². The molecule has 1 amide bonds. The zero-order chi connectivity index (χ0) is 17.0. The van der Waals surface area contributed by atoms with Gasteiger partial charge in [0.05, 0.1) is 10.7 Å². The summed E-state index contributed by atoms with van der Waals surface area (Å²) in [5, 5.41) is 6.46. The minimum Gasteiger partial charge on any atom is -0.330 e. The molecule has 2 rings (SSSR count). The normalized spacial score (nSPS) is 13.4. The molecule has 0 spiro atoms. The SMILES string of the molecule is C[C@H]([NH2+][C@@H](C)c1ccc(Cl)cc1)C(=O)Nc1ccc(Cl)cc1Cl. The van der Waals surface area contributed by atoms with Crippen LogP contribution in [0.25, 0.3) is 0 Å². The van der Waals surface area contributed by atoms with Crippen LogP contribution in [0.1, 0.15) is 25.5 Å². The van der Waals surface area contributed by atoms with Gasteiger partial charge in [-0.15, -0.1) is 0 Å². The third kappa shape index (κ3) is 5.11. The molecule has 6 heteroatoms. The van der Waals surface area contributed by atoms with Gasteiger partial charge in [0.25, 0.3) is 5.91 Å². The number of hydrogen-bond acceptors (Lipinski definition) is 1. The highest BCUT2D eigenvalue weighted by molar-refractivity contribution is 6.36. The van der Waals surface area contributed by atoms with Gasteiger partial charge in [0, 0.05) is 15.6 Å². The molecule has 3 nitrogen and oxygen atoms in total. The first-order valence-electron chi connectivity index (χ1n) is 7.23. The van der Waals surface area contributed by atoms with Gasteiger partial charge in [-0.1, -0.05) is 46.9 Å². The van der Waals surface area contributed by atoms with Crippen LogP contribution in [0, 0.1) is 0 Å². The summed E-state index contributed by atoms with van der Waals surface area (Å²) in [6.45, 7) is 3.90. The van der Waals surface area contributed by atoms with Crippen molar-refractivity contribution in [1.82, 2.24) is 0 Å². The van der Waals surface area contributed by atoms with E-state index in [1.54, 1.807) is 18.2 Å². The summed E-state index contributed by atoms with van der Waals surface area (Å²) >= 11 is 17.8. The van der Waals surface area contributed by atoms with E-state index in [9.17, 15) is 4.79 Å². The second-order valence-electron chi connectivity index (χ2n) is 5.43. The Balaban J connectivity index is 1.98. The van der Waals surface area contributed by atoms with Crippen LogP contribution < -0.4 is 10.6 Å². The van der Waals surface area contributed by atoms with E-state index in [0.717, 1.165) is 5.56 Å². The maximum Gasteiger partial charge on any atom is 0.282 e. The van der Waals surface area contributed by atoms with E-state index < -0.39 is 0 Å². The number of carbonyl (C=O) groups is 1. The summed E-state index contributed by atoms with van der Waals surface area (Å²) < 4.78 is 0. The summed E-state index contributed by atoms with van der Waals surface area (Å²) in [5.74, 6) is -0.116. The van der Waals surface area contributed by atoms with E-state index in [2.05, 4.69) is 5.32 Å². The molecule has 23 heavy (non-hydrogen) atoms. The van der Waals surface area contributed by atoms with Gasteiger partial charge in [-0.05, 0) is 44.2 Å². The minimum absolute atomic E-state index is 0.116. The molecule has 0 aliphatic heterocycles. The lowest BCUT2D eigenvalue weighted by Gasteiger charge is -2.17. The third-order valence-corrected chi connectivity index (χ3v) is 4.38. The van der Waals surface area contributed by atoms with Crippen LogP contribution in [0.15, 0.2) is 42.5 Å². The van der Waals surface area contributed by atoms with Crippen molar-refractivity contribution in [3.05, 3.63) is 63.1 Å². The van der Waals surface area contributed by atoms with E-state index in [1.807, 2.05) is 43.4 Å². The summed E-state index contributed by atoms with van der Waals surface area (Å²) in [5.41, 5.74) is 1.67. The second-order valence-corrected chi connectivity index (χ2v) is 6.71. The number of nitrogens with two attached hydrogens (primary N) is 1. The predicted octanol–water partition coefficient (Wildman–Crippen LogP) is 4.30. The Bertz CT molecular complexity index is 689. The fraction of sp³-hybridized carbons (Fsp3) is 0.235. The van der Waals surface area contributed by atoms with Crippen LogP contribution >= 0.6 is 34.8 Å². The van der Waals surface area contributed by atoms with Crippen LogP contribution in [0.4, 0.5) is 5.69 Å². The zero-order valence-electron chi connectivity index (χ0n) is 12.8. The Labute approximate surface area is 150 Å². The third-order valence-electron chi connectivity index (χ3n) is 3.58. The first kappa shape index (κ1) is 18.1. The van der Waals surface area contributed by atoms with Crippen LogP contribution in [0.3, 0.4) is 0 Å². The molecular formula is C17H18Cl3N2O+. The first-order valence-corrected chi connectivity index (χ1v) is 8.36. The van der Waals surface area contributed by atoms with Crippen molar-refractivity contribution >= 4 is 46.4 Å². The zero-order valence-corrected chi connectivity index (χ0v) is 15.1. The largest absolute Gasteiger partial charge is 0.330 e. The molecule has 0 aliphatic carbocycles.